The van der Waals surface area contributed by atoms with Crippen LogP contribution >= 0.6 is 10.2 Å². The van der Waals surface area contributed by atoms with E-state index in [0.29, 0.717) is 17.0 Å². The fourth-order valence-corrected chi connectivity index (χ4v) is 6.95. The summed E-state index contributed by atoms with van der Waals surface area (Å²) in [5.41, 5.74) is -0.925. The Labute approximate surface area is 252 Å². The molecule has 3 atom stereocenters. The van der Waals surface area contributed by atoms with Crippen molar-refractivity contribution in [2.75, 3.05) is 17.7 Å². The SMILES string of the molecule is CS(=O)(=O)[C@H]1C[C@H](C(=O)N(c2ccc(S(F)(F)(F)(F)F)cc2)C(C(=O)NC2CCC(F)(F)CC2)c2cncc(F)c2)N(C#N)C1. The zero-order valence-electron chi connectivity index (χ0n) is 23.4. The average Bonchev–Trinajstić information content (AvgIpc) is 3.37. The topological polar surface area (TPSA) is 123 Å². The van der Waals surface area contributed by atoms with Gasteiger partial charge in [-0.25, -0.2) is 21.6 Å². The van der Waals surface area contributed by atoms with Crippen molar-refractivity contribution >= 4 is 37.6 Å². The number of pyridine rings is 1. The van der Waals surface area contributed by atoms with Gasteiger partial charge in [-0.2, -0.15) is 5.26 Å². The summed E-state index contributed by atoms with van der Waals surface area (Å²) in [6, 6.07) is -2.76. The van der Waals surface area contributed by atoms with E-state index in [2.05, 4.69) is 10.3 Å². The zero-order valence-corrected chi connectivity index (χ0v) is 25.0. The molecule has 1 saturated carbocycles. The van der Waals surface area contributed by atoms with Gasteiger partial charge in [0.2, 0.25) is 11.8 Å². The van der Waals surface area contributed by atoms with Crippen molar-refractivity contribution in [1.29, 1.82) is 5.26 Å². The largest absolute Gasteiger partial charge is 0.351 e. The van der Waals surface area contributed by atoms with Crippen LogP contribution in [0.4, 0.5) is 38.3 Å². The quantitative estimate of drug-likeness (QED) is 0.282. The first-order valence-corrected chi connectivity index (χ1v) is 17.2. The Morgan fingerprint density at radius 3 is 2.22 bits per heavy atom. The second-order valence-electron chi connectivity index (χ2n) is 11.1. The second kappa shape index (κ2) is 11.0. The van der Waals surface area contributed by atoms with E-state index in [9.17, 15) is 55.9 Å². The average molecular weight is 690 g/mol. The molecule has 9 nitrogen and oxygen atoms in total. The number of anilines is 1. The maximum absolute atomic E-state index is 14.4. The van der Waals surface area contributed by atoms with Crippen molar-refractivity contribution < 1.29 is 50.6 Å². The fourth-order valence-electron chi connectivity index (χ4n) is 5.34. The first-order chi connectivity index (χ1) is 20.5. The number of halogens is 8. The highest BCUT2D eigenvalue weighted by molar-refractivity contribution is 8.45. The first-order valence-electron chi connectivity index (χ1n) is 13.3. The lowest BCUT2D eigenvalue weighted by molar-refractivity contribution is -0.129. The van der Waals surface area contributed by atoms with E-state index in [0.717, 1.165) is 29.6 Å². The minimum absolute atomic E-state index is 0.0187. The lowest BCUT2D eigenvalue weighted by Gasteiger charge is -2.41. The number of amides is 2. The molecule has 1 N–H and O–H groups in total. The molecule has 2 aliphatic rings. The van der Waals surface area contributed by atoms with E-state index >= 15 is 0 Å². The minimum Gasteiger partial charge on any atom is -0.351 e. The van der Waals surface area contributed by atoms with Crippen molar-refractivity contribution in [2.24, 2.45) is 0 Å². The molecule has 248 valence electrons. The normalized spacial score (nSPS) is 22.9. The number of sulfone groups is 1. The van der Waals surface area contributed by atoms with Crippen LogP contribution in [-0.2, 0) is 19.4 Å². The van der Waals surface area contributed by atoms with Gasteiger partial charge in [-0.3, -0.25) is 24.4 Å². The molecular formula is C26H27F8N5O4S2. The van der Waals surface area contributed by atoms with E-state index in [1.165, 1.54) is 0 Å². The molecule has 2 aromatic rings. The van der Waals surface area contributed by atoms with E-state index in [1.54, 1.807) is 6.19 Å². The number of hydrogen-bond donors (Lipinski definition) is 1. The van der Waals surface area contributed by atoms with Gasteiger partial charge in [-0.15, -0.1) is 0 Å². The van der Waals surface area contributed by atoms with Crippen LogP contribution in [-0.4, -0.2) is 66.2 Å². The van der Waals surface area contributed by atoms with Crippen LogP contribution in [0.2, 0.25) is 0 Å². The van der Waals surface area contributed by atoms with Gasteiger partial charge in [0.25, 0.3) is 5.91 Å². The van der Waals surface area contributed by atoms with Crippen molar-refractivity contribution in [3.63, 3.8) is 0 Å². The number of nitrogens with one attached hydrogen (secondary N) is 1. The number of aromatic nitrogens is 1. The van der Waals surface area contributed by atoms with E-state index < -0.39 is 103 Å². The standard InChI is InChI=1S/C26H27F8N5O4S2/c1-44(42,43)20-11-22(38(14-20)15-35)25(41)39(19-2-4-21(5-3-19)45(30,31,32,33)34)23(16-10-17(27)13-36-12-16)24(40)37-18-6-8-26(28,29)9-7-18/h2-5,10,12-13,18,20,22-23H,6-9,11,14H2,1H3,(H,37,40)/t20-,22+,23?/m0/s1. The third kappa shape index (κ3) is 7.95. The first kappa shape index (κ1) is 34.2. The van der Waals surface area contributed by atoms with Crippen molar-refractivity contribution in [1.82, 2.24) is 15.2 Å². The highest BCUT2D eigenvalue weighted by atomic mass is 32.5. The Morgan fingerprint density at radius 1 is 1.11 bits per heavy atom. The van der Waals surface area contributed by atoms with Gasteiger partial charge in [0.1, 0.15) is 22.8 Å². The Morgan fingerprint density at radius 2 is 1.71 bits per heavy atom. The smallest absolute Gasteiger partial charge is 0.310 e. The minimum atomic E-state index is -10.2. The molecule has 19 heteroatoms. The van der Waals surface area contributed by atoms with E-state index in [1.807, 2.05) is 0 Å². The van der Waals surface area contributed by atoms with Crippen LogP contribution in [0.5, 0.6) is 0 Å². The maximum Gasteiger partial charge on any atom is 0.310 e. The summed E-state index contributed by atoms with van der Waals surface area (Å²) in [6.07, 6.45) is 2.16. The van der Waals surface area contributed by atoms with Crippen LogP contribution in [0.1, 0.15) is 43.7 Å². The van der Waals surface area contributed by atoms with Gasteiger partial charge in [-0.1, -0.05) is 19.4 Å². The van der Waals surface area contributed by atoms with Gasteiger partial charge < -0.3 is 5.32 Å². The molecule has 1 aromatic carbocycles. The lowest BCUT2D eigenvalue weighted by atomic mass is 9.91. The molecule has 0 spiro atoms. The van der Waals surface area contributed by atoms with Gasteiger partial charge in [-0.05, 0) is 49.6 Å². The van der Waals surface area contributed by atoms with Crippen molar-refractivity contribution in [3.05, 3.63) is 54.1 Å². The van der Waals surface area contributed by atoms with E-state index in [-0.39, 0.29) is 30.5 Å². The molecule has 2 amide bonds. The monoisotopic (exact) mass is 689 g/mol. The third-order valence-corrected chi connectivity index (χ3v) is 10.4. The van der Waals surface area contributed by atoms with Crippen LogP contribution in [0.15, 0.2) is 47.6 Å². The number of nitrogens with zero attached hydrogens (tertiary/aromatic N) is 4. The molecule has 2 fully saturated rings. The predicted molar refractivity (Wildman–Crippen MR) is 147 cm³/mol. The number of alkyl halides is 2. The third-order valence-electron chi connectivity index (χ3n) is 7.69. The van der Waals surface area contributed by atoms with Crippen molar-refractivity contribution in [2.45, 2.75) is 66.3 Å². The maximum atomic E-state index is 14.4. The van der Waals surface area contributed by atoms with Gasteiger partial charge in [0.15, 0.2) is 16.0 Å². The fraction of sp³-hybridized carbons (Fsp3) is 0.462. The summed E-state index contributed by atoms with van der Waals surface area (Å²) in [5.74, 6) is -6.31. The molecule has 1 aliphatic heterocycles. The van der Waals surface area contributed by atoms with Crippen LogP contribution in [0.25, 0.3) is 0 Å². The summed E-state index contributed by atoms with van der Waals surface area (Å²) in [5, 5.41) is 10.9. The zero-order chi connectivity index (χ0) is 33.7. The number of benzene rings is 1. The summed E-state index contributed by atoms with van der Waals surface area (Å²) < 4.78 is 134. The van der Waals surface area contributed by atoms with Crippen LogP contribution in [0.3, 0.4) is 0 Å². The molecule has 1 saturated heterocycles. The Kier molecular flexibility index (Phi) is 8.36. The molecule has 0 radical (unpaired) electrons. The summed E-state index contributed by atoms with van der Waals surface area (Å²) in [6.45, 7) is -0.447. The van der Waals surface area contributed by atoms with E-state index in [4.69, 9.17) is 0 Å². The Bertz CT molecular complexity index is 1630. The molecule has 45 heavy (non-hydrogen) atoms. The molecular weight excluding hydrogens is 662 g/mol. The number of rotatable bonds is 8. The number of carbonyl (C=O) groups is 2. The second-order valence-corrected chi connectivity index (χ2v) is 15.8. The number of hydrogen-bond acceptors (Lipinski definition) is 7. The highest BCUT2D eigenvalue weighted by Gasteiger charge is 2.65. The molecule has 1 unspecified atom stereocenters. The molecule has 4 rings (SSSR count). The molecule has 0 bridgehead atoms. The van der Waals surface area contributed by atoms with Crippen LogP contribution < -0.4 is 10.2 Å². The number of likely N-dealkylation sites (tertiary alicyclic amines) is 1. The number of carbonyl (C=O) groups excluding carboxylic acids is 2. The Hall–Kier alpha value is -3.66. The predicted octanol–water partition coefficient (Wildman–Crippen LogP) is 5.62. The highest BCUT2D eigenvalue weighted by Crippen LogP contribution is 3.02. The van der Waals surface area contributed by atoms with Crippen LogP contribution in [0, 0.1) is 17.3 Å². The van der Waals surface area contributed by atoms with Gasteiger partial charge in [0, 0.05) is 49.1 Å². The Balaban J connectivity index is 1.85. The van der Waals surface area contributed by atoms with Crippen molar-refractivity contribution in [3.8, 4) is 6.19 Å². The number of nitriles is 1. The molecule has 1 aliphatic carbocycles. The lowest BCUT2D eigenvalue weighted by Crippen LogP contribution is -2.52. The summed E-state index contributed by atoms with van der Waals surface area (Å²) >= 11 is 0. The van der Waals surface area contributed by atoms with Gasteiger partial charge >= 0.3 is 10.2 Å². The summed E-state index contributed by atoms with van der Waals surface area (Å²) in [7, 11) is -14.0. The molecule has 2 heterocycles. The molecule has 1 aromatic heterocycles. The summed E-state index contributed by atoms with van der Waals surface area (Å²) in [4.78, 5) is 30.6. The van der Waals surface area contributed by atoms with Gasteiger partial charge in [0.05, 0.1) is 11.4 Å².